The Bertz CT molecular complexity index is 473. The second kappa shape index (κ2) is 6.98. The molecule has 20 heavy (non-hydrogen) atoms. The van der Waals surface area contributed by atoms with Crippen molar-refractivity contribution in [2.24, 2.45) is 4.99 Å². The third kappa shape index (κ3) is 4.14. The van der Waals surface area contributed by atoms with Crippen LogP contribution in [0.3, 0.4) is 0 Å². The predicted molar refractivity (Wildman–Crippen MR) is 86.6 cm³/mol. The molecular weight excluding hydrogens is 270 g/mol. The van der Waals surface area contributed by atoms with Crippen molar-refractivity contribution in [2.45, 2.75) is 51.6 Å². The van der Waals surface area contributed by atoms with E-state index in [0.717, 1.165) is 30.4 Å². The number of benzene rings is 1. The first-order valence-electron chi connectivity index (χ1n) is 7.47. The molecule has 0 spiro atoms. The third-order valence-corrected chi connectivity index (χ3v) is 3.94. The second-order valence-corrected chi connectivity index (χ2v) is 5.86. The maximum atomic E-state index is 6.05. The van der Waals surface area contributed by atoms with Gasteiger partial charge in [-0.3, -0.25) is 4.99 Å². The van der Waals surface area contributed by atoms with Crippen LogP contribution in [-0.4, -0.2) is 24.6 Å². The minimum Gasteiger partial charge on any atom is -0.354 e. The largest absolute Gasteiger partial charge is 0.354 e. The van der Waals surface area contributed by atoms with Gasteiger partial charge < -0.3 is 10.6 Å². The van der Waals surface area contributed by atoms with Crippen LogP contribution in [0.1, 0.15) is 45.1 Å². The number of nitrogens with one attached hydrogen (secondary N) is 2. The van der Waals surface area contributed by atoms with Gasteiger partial charge in [0, 0.05) is 29.6 Å². The van der Waals surface area contributed by atoms with Crippen LogP contribution in [0.5, 0.6) is 0 Å². The van der Waals surface area contributed by atoms with Gasteiger partial charge in [-0.05, 0) is 44.4 Å². The first kappa shape index (κ1) is 15.2. The number of aliphatic imine (C=N–C) groups is 1. The Balaban J connectivity index is 1.92. The molecule has 0 bridgehead atoms. The molecule has 0 saturated heterocycles. The Morgan fingerprint density at radius 2 is 2.25 bits per heavy atom. The van der Waals surface area contributed by atoms with Crippen molar-refractivity contribution in [2.75, 3.05) is 6.54 Å². The van der Waals surface area contributed by atoms with Crippen LogP contribution < -0.4 is 10.6 Å². The van der Waals surface area contributed by atoms with E-state index in [9.17, 15) is 0 Å². The SMILES string of the molecule is CCN=C(NC(C)CC)NC1CC1c1cccc(Cl)c1. The highest BCUT2D eigenvalue weighted by Crippen LogP contribution is 2.41. The minimum atomic E-state index is 0.441. The van der Waals surface area contributed by atoms with Crippen molar-refractivity contribution < 1.29 is 0 Å². The van der Waals surface area contributed by atoms with Crippen molar-refractivity contribution in [1.82, 2.24) is 10.6 Å². The van der Waals surface area contributed by atoms with Crippen LogP contribution in [0.2, 0.25) is 5.02 Å². The maximum Gasteiger partial charge on any atom is 0.191 e. The lowest BCUT2D eigenvalue weighted by atomic mass is 10.1. The number of hydrogen-bond donors (Lipinski definition) is 2. The lowest BCUT2D eigenvalue weighted by Gasteiger charge is -2.17. The Morgan fingerprint density at radius 1 is 1.45 bits per heavy atom. The first-order valence-corrected chi connectivity index (χ1v) is 7.84. The van der Waals surface area contributed by atoms with Crippen LogP contribution >= 0.6 is 11.6 Å². The van der Waals surface area contributed by atoms with Gasteiger partial charge in [-0.15, -0.1) is 0 Å². The summed E-state index contributed by atoms with van der Waals surface area (Å²) in [7, 11) is 0. The summed E-state index contributed by atoms with van der Waals surface area (Å²) < 4.78 is 0. The van der Waals surface area contributed by atoms with E-state index in [1.807, 2.05) is 12.1 Å². The van der Waals surface area contributed by atoms with Gasteiger partial charge in [0.05, 0.1) is 0 Å². The van der Waals surface area contributed by atoms with Gasteiger partial charge in [0.25, 0.3) is 0 Å². The summed E-state index contributed by atoms with van der Waals surface area (Å²) in [6.45, 7) is 7.20. The Kier molecular flexibility index (Phi) is 5.30. The monoisotopic (exact) mass is 293 g/mol. The first-order chi connectivity index (χ1) is 9.63. The van der Waals surface area contributed by atoms with E-state index < -0.39 is 0 Å². The van der Waals surface area contributed by atoms with Crippen LogP contribution in [0, 0.1) is 0 Å². The molecule has 3 unspecified atom stereocenters. The number of halogens is 1. The summed E-state index contributed by atoms with van der Waals surface area (Å²) in [6.07, 6.45) is 2.23. The highest BCUT2D eigenvalue weighted by molar-refractivity contribution is 6.30. The zero-order valence-corrected chi connectivity index (χ0v) is 13.2. The molecule has 2 rings (SSSR count). The molecule has 1 aliphatic rings. The van der Waals surface area contributed by atoms with Gasteiger partial charge in [0.1, 0.15) is 0 Å². The fraction of sp³-hybridized carbons (Fsp3) is 0.562. The van der Waals surface area contributed by atoms with Gasteiger partial charge in [-0.1, -0.05) is 30.7 Å². The molecule has 3 atom stereocenters. The normalized spacial score (nSPS) is 23.3. The Morgan fingerprint density at radius 3 is 2.90 bits per heavy atom. The predicted octanol–water partition coefficient (Wildman–Crippen LogP) is 3.55. The number of hydrogen-bond acceptors (Lipinski definition) is 1. The molecule has 1 aromatic carbocycles. The van der Waals surface area contributed by atoms with Crippen molar-refractivity contribution >= 4 is 17.6 Å². The second-order valence-electron chi connectivity index (χ2n) is 5.42. The van der Waals surface area contributed by atoms with E-state index in [4.69, 9.17) is 11.6 Å². The van der Waals surface area contributed by atoms with E-state index in [2.05, 4.69) is 48.5 Å². The van der Waals surface area contributed by atoms with Crippen LogP contribution in [0.4, 0.5) is 0 Å². The average Bonchev–Trinajstić information content (AvgIpc) is 3.18. The van der Waals surface area contributed by atoms with Crippen molar-refractivity contribution in [3.8, 4) is 0 Å². The van der Waals surface area contributed by atoms with Gasteiger partial charge in [0.2, 0.25) is 0 Å². The molecule has 110 valence electrons. The van der Waals surface area contributed by atoms with Gasteiger partial charge in [0.15, 0.2) is 5.96 Å². The van der Waals surface area contributed by atoms with Gasteiger partial charge in [-0.25, -0.2) is 0 Å². The minimum absolute atomic E-state index is 0.441. The topological polar surface area (TPSA) is 36.4 Å². The highest BCUT2D eigenvalue weighted by Gasteiger charge is 2.39. The average molecular weight is 294 g/mol. The van der Waals surface area contributed by atoms with Gasteiger partial charge in [-0.2, -0.15) is 0 Å². The summed E-state index contributed by atoms with van der Waals surface area (Å²) >= 11 is 6.05. The molecule has 1 aliphatic carbocycles. The quantitative estimate of drug-likeness (QED) is 0.643. The third-order valence-electron chi connectivity index (χ3n) is 3.70. The molecule has 1 aromatic rings. The number of guanidine groups is 1. The molecule has 0 aliphatic heterocycles. The van der Waals surface area contributed by atoms with E-state index in [1.165, 1.54) is 5.56 Å². The van der Waals surface area contributed by atoms with E-state index in [0.29, 0.717) is 18.0 Å². The molecule has 2 N–H and O–H groups in total. The Hall–Kier alpha value is -1.22. The fourth-order valence-corrected chi connectivity index (χ4v) is 2.46. The summed E-state index contributed by atoms with van der Waals surface area (Å²) in [6, 6.07) is 9.06. The van der Waals surface area contributed by atoms with E-state index >= 15 is 0 Å². The lowest BCUT2D eigenvalue weighted by Crippen LogP contribution is -2.43. The van der Waals surface area contributed by atoms with E-state index in [-0.39, 0.29) is 0 Å². The standard InChI is InChI=1S/C16H24ClN3/c1-4-11(3)19-16(18-5-2)20-15-10-14(15)12-7-6-8-13(17)9-12/h6-9,11,14-15H,4-5,10H2,1-3H3,(H2,18,19,20). The summed E-state index contributed by atoms with van der Waals surface area (Å²) in [5.74, 6) is 1.48. The summed E-state index contributed by atoms with van der Waals surface area (Å²) in [5.41, 5.74) is 1.31. The van der Waals surface area contributed by atoms with Crippen molar-refractivity contribution in [1.29, 1.82) is 0 Å². The molecular formula is C16H24ClN3. The molecule has 1 fully saturated rings. The van der Waals surface area contributed by atoms with Crippen molar-refractivity contribution in [3.63, 3.8) is 0 Å². The van der Waals surface area contributed by atoms with Crippen molar-refractivity contribution in [3.05, 3.63) is 34.9 Å². The van der Waals surface area contributed by atoms with Crippen LogP contribution in [0.15, 0.2) is 29.3 Å². The number of rotatable bonds is 5. The molecule has 0 amide bonds. The fourth-order valence-electron chi connectivity index (χ4n) is 2.26. The highest BCUT2D eigenvalue weighted by atomic mass is 35.5. The molecule has 4 heteroatoms. The van der Waals surface area contributed by atoms with Crippen LogP contribution in [0.25, 0.3) is 0 Å². The lowest BCUT2D eigenvalue weighted by molar-refractivity contribution is 0.621. The molecule has 0 heterocycles. The van der Waals surface area contributed by atoms with Crippen LogP contribution in [-0.2, 0) is 0 Å². The molecule has 3 nitrogen and oxygen atoms in total. The smallest absolute Gasteiger partial charge is 0.191 e. The summed E-state index contributed by atoms with van der Waals surface area (Å²) in [4.78, 5) is 4.51. The van der Waals surface area contributed by atoms with Gasteiger partial charge >= 0.3 is 0 Å². The maximum absolute atomic E-state index is 6.05. The zero-order valence-electron chi connectivity index (χ0n) is 12.5. The molecule has 0 radical (unpaired) electrons. The van der Waals surface area contributed by atoms with E-state index in [1.54, 1.807) is 0 Å². The molecule has 1 saturated carbocycles. The summed E-state index contributed by atoms with van der Waals surface area (Å²) in [5, 5.41) is 7.77. The Labute approximate surface area is 126 Å². The number of nitrogens with zero attached hydrogens (tertiary/aromatic N) is 1. The molecule has 0 aromatic heterocycles. The zero-order chi connectivity index (χ0) is 14.5.